The molecule has 1 amide bonds. The molecular formula is C14H21Cl2N3O. The molecule has 20 heavy (non-hydrogen) atoms. The summed E-state index contributed by atoms with van der Waals surface area (Å²) < 4.78 is 0. The zero-order valence-corrected chi connectivity index (χ0v) is 13.2. The van der Waals surface area contributed by atoms with E-state index < -0.39 is 0 Å². The Morgan fingerprint density at radius 3 is 2.55 bits per heavy atom. The molecule has 1 saturated heterocycles. The quantitative estimate of drug-likeness (QED) is 0.859. The number of hydrogen-bond acceptors (Lipinski definition) is 3. The van der Waals surface area contributed by atoms with E-state index in [2.05, 4.69) is 23.3 Å². The van der Waals surface area contributed by atoms with Crippen molar-refractivity contribution in [2.24, 2.45) is 5.92 Å². The van der Waals surface area contributed by atoms with Gasteiger partial charge in [0.2, 0.25) is 5.91 Å². The molecule has 112 valence electrons. The van der Waals surface area contributed by atoms with Crippen LogP contribution >= 0.6 is 24.8 Å². The number of rotatable bonds is 1. The summed E-state index contributed by atoms with van der Waals surface area (Å²) in [5, 5.41) is 3.27. The van der Waals surface area contributed by atoms with Crippen LogP contribution in [0.15, 0.2) is 24.3 Å². The lowest BCUT2D eigenvalue weighted by atomic mass is 10.1. The molecule has 0 spiro atoms. The van der Waals surface area contributed by atoms with Crippen LogP contribution in [0.5, 0.6) is 0 Å². The number of likely N-dealkylation sites (N-methyl/N-ethyl adjacent to an activating group) is 1. The first kappa shape index (κ1) is 17.1. The fourth-order valence-corrected chi connectivity index (χ4v) is 2.82. The summed E-state index contributed by atoms with van der Waals surface area (Å²) in [7, 11) is 2.08. The molecule has 1 fully saturated rings. The molecule has 1 unspecified atom stereocenters. The average Bonchev–Trinajstić information content (AvgIpc) is 2.93. The van der Waals surface area contributed by atoms with Crippen LogP contribution in [0.4, 0.5) is 11.4 Å². The molecule has 2 aliphatic rings. The van der Waals surface area contributed by atoms with Crippen LogP contribution < -0.4 is 15.1 Å². The minimum absolute atomic E-state index is 0. The lowest BCUT2D eigenvalue weighted by Crippen LogP contribution is -2.45. The number of nitrogens with zero attached hydrogens (tertiary/aromatic N) is 2. The Balaban J connectivity index is 0.000001000. The molecule has 2 aliphatic heterocycles. The minimum Gasteiger partial charge on any atom is -0.371 e. The van der Waals surface area contributed by atoms with Crippen LogP contribution in [0.1, 0.15) is 6.42 Å². The summed E-state index contributed by atoms with van der Waals surface area (Å²) in [4.78, 5) is 16.7. The van der Waals surface area contributed by atoms with E-state index in [1.807, 2.05) is 23.1 Å². The van der Waals surface area contributed by atoms with Gasteiger partial charge in [0, 0.05) is 26.7 Å². The number of amides is 1. The van der Waals surface area contributed by atoms with Crippen LogP contribution in [-0.2, 0) is 4.79 Å². The number of anilines is 2. The molecule has 4 nitrogen and oxygen atoms in total. The Bertz CT molecular complexity index is 463. The van der Waals surface area contributed by atoms with Gasteiger partial charge in [-0.3, -0.25) is 4.79 Å². The summed E-state index contributed by atoms with van der Waals surface area (Å²) in [6.45, 7) is 3.49. The lowest BCUT2D eigenvalue weighted by Gasteiger charge is -2.36. The number of fused-ring (bicyclic) bond motifs is 1. The maximum Gasteiger partial charge on any atom is 0.231 e. The third-order valence-electron chi connectivity index (χ3n) is 3.92. The first-order valence-electron chi connectivity index (χ1n) is 6.59. The van der Waals surface area contributed by atoms with Gasteiger partial charge in [-0.2, -0.15) is 0 Å². The fourth-order valence-electron chi connectivity index (χ4n) is 2.82. The first-order chi connectivity index (χ1) is 8.77. The molecule has 1 N–H and O–H groups in total. The number of carbonyl (C=O) groups excluding carboxylic acids is 1. The molecule has 1 aromatic rings. The molecule has 6 heteroatoms. The summed E-state index contributed by atoms with van der Waals surface area (Å²) in [6, 6.07) is 8.17. The molecule has 1 aromatic carbocycles. The first-order valence-corrected chi connectivity index (χ1v) is 6.59. The van der Waals surface area contributed by atoms with Crippen molar-refractivity contribution < 1.29 is 4.79 Å². The topological polar surface area (TPSA) is 35.6 Å². The Hall–Kier alpha value is -0.970. The third kappa shape index (κ3) is 3.03. The van der Waals surface area contributed by atoms with Gasteiger partial charge in [0.25, 0.3) is 0 Å². The largest absolute Gasteiger partial charge is 0.371 e. The van der Waals surface area contributed by atoms with Gasteiger partial charge in [0.1, 0.15) is 0 Å². The van der Waals surface area contributed by atoms with E-state index in [-0.39, 0.29) is 36.6 Å². The fraction of sp³-hybridized carbons (Fsp3) is 0.500. The average molecular weight is 318 g/mol. The van der Waals surface area contributed by atoms with E-state index in [1.165, 1.54) is 0 Å². The Kier molecular flexibility index (Phi) is 6.11. The van der Waals surface area contributed by atoms with Crippen molar-refractivity contribution in [3.63, 3.8) is 0 Å². The normalized spacial score (nSPS) is 20.8. The number of nitrogens with one attached hydrogen (secondary N) is 1. The van der Waals surface area contributed by atoms with Crippen LogP contribution in [0.3, 0.4) is 0 Å². The van der Waals surface area contributed by atoms with E-state index in [0.717, 1.165) is 44.0 Å². The summed E-state index contributed by atoms with van der Waals surface area (Å²) in [5.74, 6) is 0.432. The lowest BCUT2D eigenvalue weighted by molar-refractivity contribution is -0.121. The van der Waals surface area contributed by atoms with E-state index in [9.17, 15) is 4.79 Å². The second-order valence-corrected chi connectivity index (χ2v) is 5.09. The van der Waals surface area contributed by atoms with Crippen molar-refractivity contribution in [1.82, 2.24) is 5.32 Å². The van der Waals surface area contributed by atoms with Crippen LogP contribution in [0, 0.1) is 5.92 Å². The predicted molar refractivity (Wildman–Crippen MR) is 87.5 cm³/mol. The molecule has 0 aromatic heterocycles. The van der Waals surface area contributed by atoms with E-state index in [4.69, 9.17) is 0 Å². The van der Waals surface area contributed by atoms with Gasteiger partial charge >= 0.3 is 0 Å². The van der Waals surface area contributed by atoms with E-state index in [0.29, 0.717) is 0 Å². The van der Waals surface area contributed by atoms with Gasteiger partial charge in [-0.15, -0.1) is 24.8 Å². The third-order valence-corrected chi connectivity index (χ3v) is 3.92. The minimum atomic E-state index is 0. The Morgan fingerprint density at radius 1 is 1.20 bits per heavy atom. The molecule has 2 heterocycles. The molecule has 0 saturated carbocycles. The highest BCUT2D eigenvalue weighted by Crippen LogP contribution is 2.33. The van der Waals surface area contributed by atoms with Gasteiger partial charge in [-0.25, -0.2) is 0 Å². The van der Waals surface area contributed by atoms with Crippen molar-refractivity contribution in [1.29, 1.82) is 0 Å². The Morgan fingerprint density at radius 2 is 1.90 bits per heavy atom. The second kappa shape index (κ2) is 7.16. The molecule has 0 bridgehead atoms. The predicted octanol–water partition coefficient (Wildman–Crippen LogP) is 1.92. The smallest absolute Gasteiger partial charge is 0.231 e. The summed E-state index contributed by atoms with van der Waals surface area (Å²) >= 11 is 0. The van der Waals surface area contributed by atoms with Crippen molar-refractivity contribution >= 4 is 42.1 Å². The van der Waals surface area contributed by atoms with E-state index >= 15 is 0 Å². The van der Waals surface area contributed by atoms with Crippen molar-refractivity contribution in [3.8, 4) is 0 Å². The number of para-hydroxylation sites is 2. The molecule has 0 radical (unpaired) electrons. The maximum absolute atomic E-state index is 12.5. The monoisotopic (exact) mass is 317 g/mol. The standard InChI is InChI=1S/C14H19N3O.2ClH/c1-16-8-9-17(13-5-3-2-4-12(13)16)14(18)11-6-7-15-10-11;;/h2-5,11,15H,6-10H2,1H3;2*1H. The highest BCUT2D eigenvalue weighted by molar-refractivity contribution is 5.99. The van der Waals surface area contributed by atoms with Crippen molar-refractivity contribution in [3.05, 3.63) is 24.3 Å². The summed E-state index contributed by atoms with van der Waals surface area (Å²) in [6.07, 6.45) is 0.966. The van der Waals surface area contributed by atoms with Gasteiger partial charge < -0.3 is 15.1 Å². The summed E-state index contributed by atoms with van der Waals surface area (Å²) in [5.41, 5.74) is 2.21. The molecule has 0 aliphatic carbocycles. The van der Waals surface area contributed by atoms with Crippen molar-refractivity contribution in [2.75, 3.05) is 43.0 Å². The SMILES string of the molecule is CN1CCN(C(=O)C2CCNC2)c2ccccc21.Cl.Cl. The maximum atomic E-state index is 12.5. The van der Waals surface area contributed by atoms with Crippen LogP contribution in [-0.4, -0.2) is 39.1 Å². The number of benzene rings is 1. The van der Waals surface area contributed by atoms with Crippen LogP contribution in [0.25, 0.3) is 0 Å². The second-order valence-electron chi connectivity index (χ2n) is 5.09. The van der Waals surface area contributed by atoms with Gasteiger partial charge in [0.15, 0.2) is 0 Å². The molecular weight excluding hydrogens is 297 g/mol. The van der Waals surface area contributed by atoms with Gasteiger partial charge in [-0.05, 0) is 25.1 Å². The molecule has 1 atom stereocenters. The van der Waals surface area contributed by atoms with Crippen molar-refractivity contribution in [2.45, 2.75) is 6.42 Å². The van der Waals surface area contributed by atoms with Gasteiger partial charge in [-0.1, -0.05) is 12.1 Å². The Labute approximate surface area is 132 Å². The zero-order valence-electron chi connectivity index (χ0n) is 11.5. The number of carbonyl (C=O) groups is 1. The highest BCUT2D eigenvalue weighted by atomic mass is 35.5. The van der Waals surface area contributed by atoms with Crippen LogP contribution in [0.2, 0.25) is 0 Å². The number of hydrogen-bond donors (Lipinski definition) is 1. The van der Waals surface area contributed by atoms with E-state index in [1.54, 1.807) is 0 Å². The number of halogens is 2. The van der Waals surface area contributed by atoms with Gasteiger partial charge in [0.05, 0.1) is 17.3 Å². The highest BCUT2D eigenvalue weighted by Gasteiger charge is 2.31. The zero-order chi connectivity index (χ0) is 12.5. The molecule has 3 rings (SSSR count).